The maximum Gasteiger partial charge on any atom is 0.239 e. The molecule has 3 rings (SSSR count). The van der Waals surface area contributed by atoms with Crippen LogP contribution < -0.4 is 20.5 Å². The van der Waals surface area contributed by atoms with E-state index in [1.165, 1.54) is 12.8 Å². The number of amides is 1. The Morgan fingerprint density at radius 3 is 2.86 bits per heavy atom. The molecule has 6 heteroatoms. The third kappa shape index (κ3) is 3.49. The zero-order valence-electron chi connectivity index (χ0n) is 11.7. The number of nitrogens with two attached hydrogens (primary N) is 1. The molecule has 3 N–H and O–H groups in total. The van der Waals surface area contributed by atoms with Crippen molar-refractivity contribution in [1.29, 1.82) is 0 Å². The summed E-state index contributed by atoms with van der Waals surface area (Å²) in [7, 11) is 0. The SMILES string of the molecule is NC(=O)C(NCC1CC1)c1cc(Br)c2c(c1)OCCCO2. The highest BCUT2D eigenvalue weighted by Crippen LogP contribution is 2.39. The summed E-state index contributed by atoms with van der Waals surface area (Å²) in [4.78, 5) is 11.8. The summed E-state index contributed by atoms with van der Waals surface area (Å²) >= 11 is 3.49. The second-order valence-electron chi connectivity index (χ2n) is 5.57. The van der Waals surface area contributed by atoms with Gasteiger partial charge in [0.05, 0.1) is 17.7 Å². The largest absolute Gasteiger partial charge is 0.490 e. The molecule has 2 aliphatic rings. The number of fused-ring (bicyclic) bond motifs is 1. The van der Waals surface area contributed by atoms with Gasteiger partial charge in [-0.15, -0.1) is 0 Å². The molecular formula is C15H19BrN2O3. The Hall–Kier alpha value is -1.27. The van der Waals surface area contributed by atoms with Gasteiger partial charge < -0.3 is 20.5 Å². The number of hydrogen-bond donors (Lipinski definition) is 2. The molecule has 0 saturated heterocycles. The second kappa shape index (κ2) is 6.23. The molecule has 1 aromatic rings. The van der Waals surface area contributed by atoms with E-state index < -0.39 is 6.04 Å². The van der Waals surface area contributed by atoms with Crippen molar-refractivity contribution in [2.45, 2.75) is 25.3 Å². The van der Waals surface area contributed by atoms with Crippen LogP contribution in [0.2, 0.25) is 0 Å². The minimum absolute atomic E-state index is 0.378. The van der Waals surface area contributed by atoms with Gasteiger partial charge in [0, 0.05) is 6.42 Å². The Labute approximate surface area is 132 Å². The van der Waals surface area contributed by atoms with Gasteiger partial charge in [-0.1, -0.05) is 0 Å². The Morgan fingerprint density at radius 2 is 2.14 bits per heavy atom. The van der Waals surface area contributed by atoms with Crippen LogP contribution in [-0.4, -0.2) is 25.7 Å². The summed E-state index contributed by atoms with van der Waals surface area (Å²) in [6.07, 6.45) is 3.29. The topological polar surface area (TPSA) is 73.6 Å². The molecular weight excluding hydrogens is 336 g/mol. The normalized spacial score (nSPS) is 18.9. The third-order valence-corrected chi connectivity index (χ3v) is 4.34. The van der Waals surface area contributed by atoms with E-state index in [2.05, 4.69) is 21.2 Å². The molecule has 1 heterocycles. The summed E-state index contributed by atoms with van der Waals surface area (Å²) in [6, 6.07) is 3.22. The molecule has 21 heavy (non-hydrogen) atoms. The van der Waals surface area contributed by atoms with E-state index in [1.807, 2.05) is 12.1 Å². The van der Waals surface area contributed by atoms with Crippen molar-refractivity contribution in [3.05, 3.63) is 22.2 Å². The Kier molecular flexibility index (Phi) is 4.35. The molecule has 1 saturated carbocycles. The molecule has 0 spiro atoms. The minimum atomic E-state index is -0.501. The smallest absolute Gasteiger partial charge is 0.239 e. The van der Waals surface area contributed by atoms with Crippen molar-refractivity contribution in [1.82, 2.24) is 5.32 Å². The van der Waals surface area contributed by atoms with Gasteiger partial charge in [0.15, 0.2) is 11.5 Å². The lowest BCUT2D eigenvalue weighted by molar-refractivity contribution is -0.120. The van der Waals surface area contributed by atoms with Crippen molar-refractivity contribution < 1.29 is 14.3 Å². The molecule has 1 atom stereocenters. The summed E-state index contributed by atoms with van der Waals surface area (Å²) < 4.78 is 12.2. The van der Waals surface area contributed by atoms with Crippen molar-refractivity contribution in [3.8, 4) is 11.5 Å². The number of ether oxygens (including phenoxy) is 2. The lowest BCUT2D eigenvalue weighted by atomic mass is 10.1. The van der Waals surface area contributed by atoms with Gasteiger partial charge in [-0.25, -0.2) is 0 Å². The first-order valence-corrected chi connectivity index (χ1v) is 8.06. The van der Waals surface area contributed by atoms with Crippen molar-refractivity contribution >= 4 is 21.8 Å². The molecule has 0 aromatic heterocycles. The first-order valence-electron chi connectivity index (χ1n) is 7.27. The maximum absolute atomic E-state index is 11.8. The van der Waals surface area contributed by atoms with Crippen LogP contribution >= 0.6 is 15.9 Å². The van der Waals surface area contributed by atoms with E-state index in [0.717, 1.165) is 23.0 Å². The van der Waals surface area contributed by atoms with Crippen molar-refractivity contribution in [2.75, 3.05) is 19.8 Å². The zero-order valence-corrected chi connectivity index (χ0v) is 13.3. The van der Waals surface area contributed by atoms with Gasteiger partial charge >= 0.3 is 0 Å². The molecule has 1 fully saturated rings. The molecule has 5 nitrogen and oxygen atoms in total. The van der Waals surface area contributed by atoms with Crippen LogP contribution in [0.3, 0.4) is 0 Å². The van der Waals surface area contributed by atoms with Gasteiger partial charge in [0.25, 0.3) is 0 Å². The van der Waals surface area contributed by atoms with Crippen molar-refractivity contribution in [3.63, 3.8) is 0 Å². The molecule has 1 aliphatic carbocycles. The van der Waals surface area contributed by atoms with E-state index in [4.69, 9.17) is 15.2 Å². The van der Waals surface area contributed by atoms with E-state index in [-0.39, 0.29) is 5.91 Å². The highest BCUT2D eigenvalue weighted by Gasteiger charge is 2.26. The van der Waals surface area contributed by atoms with E-state index in [9.17, 15) is 4.79 Å². The molecule has 0 radical (unpaired) electrons. The summed E-state index contributed by atoms with van der Waals surface area (Å²) in [5.74, 6) is 1.66. The third-order valence-electron chi connectivity index (χ3n) is 3.75. The number of primary amides is 1. The van der Waals surface area contributed by atoms with E-state index in [1.54, 1.807) is 0 Å². The highest BCUT2D eigenvalue weighted by atomic mass is 79.9. The van der Waals surface area contributed by atoms with Gasteiger partial charge in [-0.2, -0.15) is 0 Å². The van der Waals surface area contributed by atoms with Crippen LogP contribution in [0.4, 0.5) is 0 Å². The van der Waals surface area contributed by atoms with Gasteiger partial charge in [0.1, 0.15) is 6.04 Å². The maximum atomic E-state index is 11.8. The van der Waals surface area contributed by atoms with Gasteiger partial charge in [-0.05, 0) is 58.9 Å². The average Bonchev–Trinajstić information content (AvgIpc) is 3.24. The molecule has 114 valence electrons. The van der Waals surface area contributed by atoms with E-state index >= 15 is 0 Å². The van der Waals surface area contributed by atoms with Crippen LogP contribution in [-0.2, 0) is 4.79 Å². The van der Waals surface area contributed by atoms with Crippen LogP contribution in [0.5, 0.6) is 11.5 Å². The van der Waals surface area contributed by atoms with Gasteiger partial charge in [0.2, 0.25) is 5.91 Å². The first kappa shape index (κ1) is 14.7. The van der Waals surface area contributed by atoms with Crippen LogP contribution in [0.15, 0.2) is 16.6 Å². The molecule has 0 bridgehead atoms. The van der Waals surface area contributed by atoms with Crippen LogP contribution in [0, 0.1) is 5.92 Å². The van der Waals surface area contributed by atoms with Crippen LogP contribution in [0.25, 0.3) is 0 Å². The second-order valence-corrected chi connectivity index (χ2v) is 6.42. The number of carbonyl (C=O) groups is 1. The number of carbonyl (C=O) groups excluding carboxylic acids is 1. The Bertz CT molecular complexity index is 546. The fourth-order valence-electron chi connectivity index (χ4n) is 2.41. The molecule has 1 unspecified atom stereocenters. The van der Waals surface area contributed by atoms with Crippen LogP contribution in [0.1, 0.15) is 30.9 Å². The molecule has 1 amide bonds. The Morgan fingerprint density at radius 1 is 1.38 bits per heavy atom. The predicted octanol–water partition coefficient (Wildman–Crippen LogP) is 2.14. The molecule has 1 aliphatic heterocycles. The first-order chi connectivity index (χ1) is 10.1. The number of rotatable bonds is 5. The van der Waals surface area contributed by atoms with E-state index in [0.29, 0.717) is 30.6 Å². The lowest BCUT2D eigenvalue weighted by Gasteiger charge is -2.18. The standard InChI is InChI=1S/C15H19BrN2O3/c16-11-6-10(7-12-14(11)21-5-1-4-20-12)13(15(17)19)18-8-9-2-3-9/h6-7,9,13,18H,1-5,8H2,(H2,17,19). The number of nitrogens with one attached hydrogen (secondary N) is 1. The average molecular weight is 355 g/mol. The predicted molar refractivity (Wildman–Crippen MR) is 82.4 cm³/mol. The summed E-state index contributed by atoms with van der Waals surface area (Å²) in [5, 5.41) is 3.26. The monoisotopic (exact) mass is 354 g/mol. The molecule has 1 aromatic carbocycles. The quantitative estimate of drug-likeness (QED) is 0.849. The number of halogens is 1. The zero-order chi connectivity index (χ0) is 14.8. The van der Waals surface area contributed by atoms with Gasteiger partial charge in [-0.3, -0.25) is 4.79 Å². The fourth-order valence-corrected chi connectivity index (χ4v) is 2.98. The number of hydrogen-bond acceptors (Lipinski definition) is 4. The minimum Gasteiger partial charge on any atom is -0.490 e. The fraction of sp³-hybridized carbons (Fsp3) is 0.533. The van der Waals surface area contributed by atoms with Crippen molar-refractivity contribution in [2.24, 2.45) is 11.7 Å². The summed E-state index contributed by atoms with van der Waals surface area (Å²) in [5.41, 5.74) is 6.35. The Balaban J connectivity index is 1.86. The summed E-state index contributed by atoms with van der Waals surface area (Å²) in [6.45, 7) is 2.06. The lowest BCUT2D eigenvalue weighted by Crippen LogP contribution is -2.34. The number of benzene rings is 1. The highest BCUT2D eigenvalue weighted by molar-refractivity contribution is 9.10.